The zero-order chi connectivity index (χ0) is 14.2. The molecule has 4 nitrogen and oxygen atoms in total. The molecule has 0 bridgehead atoms. The first-order chi connectivity index (χ1) is 9.83. The van der Waals surface area contributed by atoms with Gasteiger partial charge in [-0.25, -0.2) is 0 Å². The fraction of sp³-hybridized carbons (Fsp3) is 0.312. The third kappa shape index (κ3) is 4.05. The van der Waals surface area contributed by atoms with E-state index in [2.05, 4.69) is 4.98 Å². The van der Waals surface area contributed by atoms with Gasteiger partial charge in [-0.05, 0) is 29.8 Å². The van der Waals surface area contributed by atoms with Crippen molar-refractivity contribution in [1.82, 2.24) is 4.98 Å². The van der Waals surface area contributed by atoms with Crippen LogP contribution in [-0.2, 0) is 11.2 Å². The molecule has 2 rings (SSSR count). The van der Waals surface area contributed by atoms with Gasteiger partial charge in [-0.2, -0.15) is 0 Å². The fourth-order valence-corrected chi connectivity index (χ4v) is 1.99. The molecule has 2 aromatic rings. The predicted octanol–water partition coefficient (Wildman–Crippen LogP) is 2.35. The van der Waals surface area contributed by atoms with Crippen molar-refractivity contribution in [3.8, 4) is 5.75 Å². The summed E-state index contributed by atoms with van der Waals surface area (Å²) in [7, 11) is 1.65. The molecule has 0 aliphatic rings. The Hall–Kier alpha value is -1.91. The van der Waals surface area contributed by atoms with Gasteiger partial charge in [0.2, 0.25) is 0 Å². The lowest BCUT2D eigenvalue weighted by molar-refractivity contribution is 0.0603. The molecule has 1 aromatic heterocycles. The van der Waals surface area contributed by atoms with Gasteiger partial charge in [0.25, 0.3) is 0 Å². The molecule has 0 saturated heterocycles. The minimum Gasteiger partial charge on any atom is -0.497 e. The van der Waals surface area contributed by atoms with Crippen LogP contribution in [0.25, 0.3) is 0 Å². The highest BCUT2D eigenvalue weighted by Crippen LogP contribution is 2.21. The summed E-state index contributed by atoms with van der Waals surface area (Å²) < 4.78 is 11.1. The number of hydrogen-bond acceptors (Lipinski definition) is 4. The summed E-state index contributed by atoms with van der Waals surface area (Å²) in [6.07, 6.45) is 2.45. The molecule has 0 radical (unpaired) electrons. The van der Waals surface area contributed by atoms with Gasteiger partial charge in [-0.1, -0.05) is 18.2 Å². The first kappa shape index (κ1) is 14.5. The molecule has 0 saturated carbocycles. The van der Waals surface area contributed by atoms with Crippen molar-refractivity contribution in [1.29, 1.82) is 0 Å². The maximum absolute atomic E-state index is 5.86. The van der Waals surface area contributed by atoms with E-state index in [1.54, 1.807) is 13.3 Å². The van der Waals surface area contributed by atoms with Crippen LogP contribution in [0.5, 0.6) is 5.75 Å². The lowest BCUT2D eigenvalue weighted by atomic mass is 10.1. The van der Waals surface area contributed by atoms with Crippen LogP contribution in [0.15, 0.2) is 48.7 Å². The third-order valence-corrected chi connectivity index (χ3v) is 3.08. The first-order valence-electron chi connectivity index (χ1n) is 6.69. The molecule has 1 atom stereocenters. The number of ether oxygens (including phenoxy) is 2. The Kier molecular flexibility index (Phi) is 5.53. The van der Waals surface area contributed by atoms with Crippen molar-refractivity contribution >= 4 is 0 Å². The third-order valence-electron chi connectivity index (χ3n) is 3.08. The smallest absolute Gasteiger partial charge is 0.119 e. The zero-order valence-corrected chi connectivity index (χ0v) is 11.7. The second-order valence-electron chi connectivity index (χ2n) is 4.44. The normalized spacial score (nSPS) is 12.1. The molecular weight excluding hydrogens is 252 g/mol. The van der Waals surface area contributed by atoms with Crippen LogP contribution < -0.4 is 10.5 Å². The van der Waals surface area contributed by atoms with E-state index >= 15 is 0 Å². The molecule has 4 heteroatoms. The maximum Gasteiger partial charge on any atom is 0.119 e. The summed E-state index contributed by atoms with van der Waals surface area (Å²) in [6.45, 7) is 1.03. The average Bonchev–Trinajstić information content (AvgIpc) is 2.52. The van der Waals surface area contributed by atoms with E-state index in [1.165, 1.54) is 0 Å². The molecule has 1 aromatic carbocycles. The van der Waals surface area contributed by atoms with Crippen LogP contribution in [0.2, 0.25) is 0 Å². The molecule has 0 spiro atoms. The number of hydrogen-bond donors (Lipinski definition) is 1. The number of nitrogens with two attached hydrogens (primary N) is 1. The van der Waals surface area contributed by atoms with E-state index in [0.29, 0.717) is 13.2 Å². The maximum atomic E-state index is 5.86. The Labute approximate surface area is 119 Å². The van der Waals surface area contributed by atoms with E-state index in [4.69, 9.17) is 15.2 Å². The Bertz CT molecular complexity index is 517. The van der Waals surface area contributed by atoms with Crippen LogP contribution in [0.3, 0.4) is 0 Å². The van der Waals surface area contributed by atoms with Gasteiger partial charge in [0.05, 0.1) is 19.8 Å². The summed E-state index contributed by atoms with van der Waals surface area (Å²) in [5.74, 6) is 0.814. The topological polar surface area (TPSA) is 57.4 Å². The molecule has 0 amide bonds. The van der Waals surface area contributed by atoms with Crippen molar-refractivity contribution in [2.75, 3.05) is 20.3 Å². The van der Waals surface area contributed by atoms with E-state index < -0.39 is 0 Å². The van der Waals surface area contributed by atoms with Gasteiger partial charge in [-0.3, -0.25) is 4.98 Å². The Morgan fingerprint density at radius 2 is 2.10 bits per heavy atom. The van der Waals surface area contributed by atoms with Crippen molar-refractivity contribution in [3.63, 3.8) is 0 Å². The van der Waals surface area contributed by atoms with Crippen LogP contribution in [0, 0.1) is 0 Å². The van der Waals surface area contributed by atoms with Gasteiger partial charge in [0.1, 0.15) is 5.75 Å². The van der Waals surface area contributed by atoms with Crippen LogP contribution in [0.1, 0.15) is 17.4 Å². The van der Waals surface area contributed by atoms with Crippen molar-refractivity contribution in [2.24, 2.45) is 5.73 Å². The second kappa shape index (κ2) is 7.62. The number of benzene rings is 1. The fourth-order valence-electron chi connectivity index (χ4n) is 1.99. The molecule has 0 aliphatic heterocycles. The van der Waals surface area contributed by atoms with E-state index in [1.807, 2.05) is 42.5 Å². The standard InChI is InChI=1S/C16H20N2O2/c1-19-15-7-4-5-13(11-15)16(12-17)20-10-8-14-6-2-3-9-18-14/h2-7,9,11,16H,8,10,12,17H2,1H3. The summed E-state index contributed by atoms with van der Waals surface area (Å²) in [5, 5.41) is 0. The van der Waals surface area contributed by atoms with E-state index in [-0.39, 0.29) is 6.10 Å². The van der Waals surface area contributed by atoms with Gasteiger partial charge in [0, 0.05) is 24.9 Å². The summed E-state index contributed by atoms with van der Waals surface area (Å²) in [5.41, 5.74) is 7.85. The Morgan fingerprint density at radius 1 is 1.20 bits per heavy atom. The molecular formula is C16H20N2O2. The predicted molar refractivity (Wildman–Crippen MR) is 78.7 cm³/mol. The molecule has 1 unspecified atom stereocenters. The monoisotopic (exact) mass is 272 g/mol. The molecule has 2 N–H and O–H groups in total. The quantitative estimate of drug-likeness (QED) is 0.840. The van der Waals surface area contributed by atoms with E-state index in [9.17, 15) is 0 Å². The Balaban J connectivity index is 1.91. The van der Waals surface area contributed by atoms with Gasteiger partial charge < -0.3 is 15.2 Å². The van der Waals surface area contributed by atoms with Crippen LogP contribution in [-0.4, -0.2) is 25.2 Å². The lowest BCUT2D eigenvalue weighted by Crippen LogP contribution is -2.17. The largest absolute Gasteiger partial charge is 0.497 e. The van der Waals surface area contributed by atoms with E-state index in [0.717, 1.165) is 23.4 Å². The highest BCUT2D eigenvalue weighted by molar-refractivity contribution is 5.30. The summed E-state index contributed by atoms with van der Waals surface area (Å²) in [6, 6.07) is 13.7. The molecule has 1 heterocycles. The number of nitrogens with zero attached hydrogens (tertiary/aromatic N) is 1. The summed E-state index contributed by atoms with van der Waals surface area (Å²) in [4.78, 5) is 4.27. The Morgan fingerprint density at radius 3 is 2.80 bits per heavy atom. The highest BCUT2D eigenvalue weighted by atomic mass is 16.5. The van der Waals surface area contributed by atoms with Gasteiger partial charge >= 0.3 is 0 Å². The van der Waals surface area contributed by atoms with Gasteiger partial charge in [0.15, 0.2) is 0 Å². The number of methoxy groups -OCH3 is 1. The SMILES string of the molecule is COc1cccc(C(CN)OCCc2ccccn2)c1. The second-order valence-corrected chi connectivity index (χ2v) is 4.44. The number of pyridine rings is 1. The average molecular weight is 272 g/mol. The minimum atomic E-state index is -0.117. The molecule has 0 fully saturated rings. The van der Waals surface area contributed by atoms with Crippen molar-refractivity contribution in [3.05, 3.63) is 59.9 Å². The number of rotatable bonds is 7. The van der Waals surface area contributed by atoms with Gasteiger partial charge in [-0.15, -0.1) is 0 Å². The first-order valence-corrected chi connectivity index (χ1v) is 6.69. The summed E-state index contributed by atoms with van der Waals surface area (Å²) >= 11 is 0. The van der Waals surface area contributed by atoms with Crippen LogP contribution >= 0.6 is 0 Å². The zero-order valence-electron chi connectivity index (χ0n) is 11.7. The molecule has 20 heavy (non-hydrogen) atoms. The lowest BCUT2D eigenvalue weighted by Gasteiger charge is -2.17. The highest BCUT2D eigenvalue weighted by Gasteiger charge is 2.11. The van der Waals surface area contributed by atoms with Crippen LogP contribution in [0.4, 0.5) is 0 Å². The molecule has 106 valence electrons. The van der Waals surface area contributed by atoms with Crippen molar-refractivity contribution < 1.29 is 9.47 Å². The molecule has 0 aliphatic carbocycles. The van der Waals surface area contributed by atoms with Crippen molar-refractivity contribution in [2.45, 2.75) is 12.5 Å². The number of aromatic nitrogens is 1. The minimum absolute atomic E-state index is 0.117.